The molecule has 0 aliphatic carbocycles. The van der Waals surface area contributed by atoms with E-state index in [2.05, 4.69) is 0 Å². The quantitative estimate of drug-likeness (QED) is 0.934. The second-order valence-corrected chi connectivity index (χ2v) is 4.96. The SMILES string of the molecule is COc1cc(C#N)ccc1[C@@H](O)c1ccc(Cl)c(Cl)c1. The number of rotatable bonds is 3. The molecular formula is C15H11Cl2NO2. The number of hydrogen-bond acceptors (Lipinski definition) is 3. The van der Waals surface area contributed by atoms with Gasteiger partial charge >= 0.3 is 0 Å². The molecule has 0 amide bonds. The van der Waals surface area contributed by atoms with Gasteiger partial charge in [-0.2, -0.15) is 5.26 Å². The van der Waals surface area contributed by atoms with Crippen molar-refractivity contribution >= 4 is 23.2 Å². The number of methoxy groups -OCH3 is 1. The van der Waals surface area contributed by atoms with E-state index in [0.717, 1.165) is 0 Å². The second kappa shape index (κ2) is 6.15. The summed E-state index contributed by atoms with van der Waals surface area (Å²) >= 11 is 11.8. The van der Waals surface area contributed by atoms with Gasteiger partial charge in [-0.05, 0) is 29.8 Å². The van der Waals surface area contributed by atoms with Crippen LogP contribution in [0.5, 0.6) is 5.75 Å². The van der Waals surface area contributed by atoms with Gasteiger partial charge in [-0.25, -0.2) is 0 Å². The fourth-order valence-corrected chi connectivity index (χ4v) is 2.18. The highest BCUT2D eigenvalue weighted by Crippen LogP contribution is 2.33. The van der Waals surface area contributed by atoms with Crippen LogP contribution in [0.25, 0.3) is 0 Å². The Hall–Kier alpha value is -1.73. The molecule has 5 heteroatoms. The van der Waals surface area contributed by atoms with Gasteiger partial charge in [0, 0.05) is 5.56 Å². The number of aliphatic hydroxyl groups excluding tert-OH is 1. The third kappa shape index (κ3) is 2.88. The van der Waals surface area contributed by atoms with Crippen molar-refractivity contribution < 1.29 is 9.84 Å². The molecule has 2 aromatic rings. The Kier molecular flexibility index (Phi) is 4.51. The molecule has 0 fully saturated rings. The highest BCUT2D eigenvalue weighted by Gasteiger charge is 2.17. The van der Waals surface area contributed by atoms with Crippen molar-refractivity contribution in [2.45, 2.75) is 6.10 Å². The van der Waals surface area contributed by atoms with E-state index in [0.29, 0.717) is 32.5 Å². The molecule has 0 aromatic heterocycles. The number of aliphatic hydroxyl groups is 1. The molecule has 0 spiro atoms. The Morgan fingerprint density at radius 2 is 1.90 bits per heavy atom. The fourth-order valence-electron chi connectivity index (χ4n) is 1.87. The van der Waals surface area contributed by atoms with Crippen LogP contribution >= 0.6 is 23.2 Å². The molecule has 0 unspecified atom stereocenters. The van der Waals surface area contributed by atoms with Crippen LogP contribution in [0.15, 0.2) is 36.4 Å². The van der Waals surface area contributed by atoms with Gasteiger partial charge in [-0.1, -0.05) is 35.3 Å². The van der Waals surface area contributed by atoms with Gasteiger partial charge in [-0.15, -0.1) is 0 Å². The zero-order chi connectivity index (χ0) is 14.7. The van der Waals surface area contributed by atoms with Crippen LogP contribution in [0, 0.1) is 11.3 Å². The fraction of sp³-hybridized carbons (Fsp3) is 0.133. The lowest BCUT2D eigenvalue weighted by Crippen LogP contribution is -2.03. The average molecular weight is 308 g/mol. The standard InChI is InChI=1S/C15H11Cl2NO2/c1-20-14-6-9(8-18)2-4-11(14)15(19)10-3-5-12(16)13(17)7-10/h2-7,15,19H,1H3/t15-/m0/s1. The van der Waals surface area contributed by atoms with Crippen LogP contribution in [0.3, 0.4) is 0 Å². The van der Waals surface area contributed by atoms with Crippen LogP contribution in [0.4, 0.5) is 0 Å². The summed E-state index contributed by atoms with van der Waals surface area (Å²) in [5.41, 5.74) is 1.62. The van der Waals surface area contributed by atoms with Crippen molar-refractivity contribution in [3.05, 3.63) is 63.1 Å². The zero-order valence-electron chi connectivity index (χ0n) is 10.6. The molecule has 102 valence electrons. The number of nitriles is 1. The molecule has 2 aromatic carbocycles. The summed E-state index contributed by atoms with van der Waals surface area (Å²) in [6, 6.07) is 11.8. The Morgan fingerprint density at radius 3 is 2.50 bits per heavy atom. The summed E-state index contributed by atoms with van der Waals surface area (Å²) in [5, 5.41) is 20.1. The number of nitrogens with zero attached hydrogens (tertiary/aromatic N) is 1. The first-order chi connectivity index (χ1) is 9.56. The molecule has 0 aliphatic heterocycles. The largest absolute Gasteiger partial charge is 0.496 e. The monoisotopic (exact) mass is 307 g/mol. The molecule has 3 nitrogen and oxygen atoms in total. The minimum absolute atomic E-state index is 0.371. The summed E-state index contributed by atoms with van der Waals surface area (Å²) < 4.78 is 5.21. The maximum atomic E-state index is 10.4. The molecular weight excluding hydrogens is 297 g/mol. The summed E-state index contributed by atoms with van der Waals surface area (Å²) in [6.07, 6.45) is -0.910. The minimum Gasteiger partial charge on any atom is -0.496 e. The lowest BCUT2D eigenvalue weighted by Gasteiger charge is -2.16. The van der Waals surface area contributed by atoms with Crippen molar-refractivity contribution in [2.75, 3.05) is 7.11 Å². The summed E-state index contributed by atoms with van der Waals surface area (Å²) in [7, 11) is 1.49. The highest BCUT2D eigenvalue weighted by molar-refractivity contribution is 6.42. The van der Waals surface area contributed by atoms with Crippen LogP contribution < -0.4 is 4.74 Å². The Labute approximate surface area is 126 Å². The zero-order valence-corrected chi connectivity index (χ0v) is 12.1. The maximum absolute atomic E-state index is 10.4. The third-order valence-corrected chi connectivity index (χ3v) is 3.66. The van der Waals surface area contributed by atoms with Crippen LogP contribution in [-0.4, -0.2) is 12.2 Å². The number of hydrogen-bond donors (Lipinski definition) is 1. The first-order valence-corrected chi connectivity index (χ1v) is 6.53. The minimum atomic E-state index is -0.910. The lowest BCUT2D eigenvalue weighted by molar-refractivity contribution is 0.214. The molecule has 20 heavy (non-hydrogen) atoms. The van der Waals surface area contributed by atoms with Crippen molar-refractivity contribution in [1.82, 2.24) is 0 Å². The lowest BCUT2D eigenvalue weighted by atomic mass is 9.99. The maximum Gasteiger partial charge on any atom is 0.126 e. The molecule has 1 atom stereocenters. The van der Waals surface area contributed by atoms with Crippen LogP contribution in [0.2, 0.25) is 10.0 Å². The van der Waals surface area contributed by atoms with Gasteiger partial charge in [0.05, 0.1) is 28.8 Å². The van der Waals surface area contributed by atoms with E-state index in [4.69, 9.17) is 33.2 Å². The van der Waals surface area contributed by atoms with Gasteiger partial charge in [0.25, 0.3) is 0 Å². The van der Waals surface area contributed by atoms with Crippen molar-refractivity contribution in [3.8, 4) is 11.8 Å². The van der Waals surface area contributed by atoms with Gasteiger partial charge in [0.15, 0.2) is 0 Å². The van der Waals surface area contributed by atoms with Crippen molar-refractivity contribution in [2.24, 2.45) is 0 Å². The molecule has 0 saturated carbocycles. The predicted octanol–water partition coefficient (Wildman–Crippen LogP) is 3.96. The molecule has 0 aliphatic rings. The molecule has 0 radical (unpaired) electrons. The molecule has 0 bridgehead atoms. The molecule has 0 saturated heterocycles. The normalized spacial score (nSPS) is 11.8. The highest BCUT2D eigenvalue weighted by atomic mass is 35.5. The van der Waals surface area contributed by atoms with E-state index in [1.807, 2.05) is 6.07 Å². The van der Waals surface area contributed by atoms with Gasteiger partial charge in [0.2, 0.25) is 0 Å². The van der Waals surface area contributed by atoms with Crippen molar-refractivity contribution in [1.29, 1.82) is 5.26 Å². The summed E-state index contributed by atoms with van der Waals surface area (Å²) in [5.74, 6) is 0.447. The first-order valence-electron chi connectivity index (χ1n) is 5.78. The van der Waals surface area contributed by atoms with E-state index in [9.17, 15) is 5.11 Å². The van der Waals surface area contributed by atoms with E-state index >= 15 is 0 Å². The Bertz CT molecular complexity index is 680. The van der Waals surface area contributed by atoms with Gasteiger partial charge in [0.1, 0.15) is 11.9 Å². The molecule has 1 N–H and O–H groups in total. The van der Waals surface area contributed by atoms with E-state index in [-0.39, 0.29) is 0 Å². The van der Waals surface area contributed by atoms with Crippen molar-refractivity contribution in [3.63, 3.8) is 0 Å². The van der Waals surface area contributed by atoms with Gasteiger partial charge in [-0.3, -0.25) is 0 Å². The third-order valence-electron chi connectivity index (χ3n) is 2.92. The number of benzene rings is 2. The van der Waals surface area contributed by atoms with E-state index in [1.165, 1.54) is 7.11 Å². The number of ether oxygens (including phenoxy) is 1. The Morgan fingerprint density at radius 1 is 1.15 bits per heavy atom. The smallest absolute Gasteiger partial charge is 0.126 e. The Balaban J connectivity index is 2.45. The second-order valence-electron chi connectivity index (χ2n) is 4.14. The van der Waals surface area contributed by atoms with Crippen LogP contribution in [-0.2, 0) is 0 Å². The predicted molar refractivity (Wildman–Crippen MR) is 78.2 cm³/mol. The number of halogens is 2. The first kappa shape index (κ1) is 14.7. The van der Waals surface area contributed by atoms with Crippen LogP contribution in [0.1, 0.15) is 22.8 Å². The topological polar surface area (TPSA) is 53.2 Å². The van der Waals surface area contributed by atoms with E-state index < -0.39 is 6.10 Å². The van der Waals surface area contributed by atoms with Gasteiger partial charge < -0.3 is 9.84 Å². The molecule has 2 rings (SSSR count). The summed E-state index contributed by atoms with van der Waals surface area (Å²) in [4.78, 5) is 0. The molecule has 0 heterocycles. The average Bonchev–Trinajstić information content (AvgIpc) is 2.48. The van der Waals surface area contributed by atoms with E-state index in [1.54, 1.807) is 36.4 Å². The summed E-state index contributed by atoms with van der Waals surface area (Å²) in [6.45, 7) is 0.